The molecule has 2 aromatic carbocycles. The fraction of sp³-hybridized carbons (Fsp3) is 0.350. The third-order valence-corrected chi connectivity index (χ3v) is 6.49. The van der Waals surface area contributed by atoms with Gasteiger partial charge in [0.25, 0.3) is 10.0 Å². The second-order valence-electron chi connectivity index (χ2n) is 7.20. The van der Waals surface area contributed by atoms with Gasteiger partial charge < -0.3 is 14.9 Å². The number of anilines is 2. The van der Waals surface area contributed by atoms with E-state index in [0.717, 1.165) is 37.4 Å². The van der Waals surface area contributed by atoms with E-state index in [1.54, 1.807) is 25.1 Å². The zero-order valence-electron chi connectivity index (χ0n) is 16.3. The van der Waals surface area contributed by atoms with Crippen LogP contribution in [0.3, 0.4) is 0 Å². The molecular weight excluding hydrogens is 378 g/mol. The minimum absolute atomic E-state index is 0.0614. The summed E-state index contributed by atoms with van der Waals surface area (Å²) in [5, 5.41) is 9.64. The second-order valence-corrected chi connectivity index (χ2v) is 8.85. The van der Waals surface area contributed by atoms with E-state index in [4.69, 9.17) is 0 Å². The zero-order valence-corrected chi connectivity index (χ0v) is 17.1. The van der Waals surface area contributed by atoms with Crippen LogP contribution in [0.25, 0.3) is 0 Å². The minimum Gasteiger partial charge on any atom is -0.478 e. The van der Waals surface area contributed by atoms with Gasteiger partial charge in [-0.05, 0) is 56.3 Å². The van der Waals surface area contributed by atoms with Crippen molar-refractivity contribution in [2.45, 2.75) is 18.7 Å². The van der Waals surface area contributed by atoms with Gasteiger partial charge in [-0.2, -0.15) is 0 Å². The van der Waals surface area contributed by atoms with Gasteiger partial charge in [-0.1, -0.05) is 12.1 Å². The highest BCUT2D eigenvalue weighted by Crippen LogP contribution is 2.27. The number of aromatic carboxylic acids is 1. The number of benzene rings is 2. The monoisotopic (exact) mass is 403 g/mol. The van der Waals surface area contributed by atoms with E-state index < -0.39 is 16.0 Å². The number of nitrogens with zero attached hydrogens (tertiary/aromatic N) is 2. The average Bonchev–Trinajstić information content (AvgIpc) is 2.64. The van der Waals surface area contributed by atoms with Crippen molar-refractivity contribution in [1.82, 2.24) is 4.90 Å². The first-order valence-corrected chi connectivity index (χ1v) is 10.6. The predicted molar refractivity (Wildman–Crippen MR) is 110 cm³/mol. The summed E-state index contributed by atoms with van der Waals surface area (Å²) in [4.78, 5) is 16.3. The molecular formula is C20H25N3O4S. The van der Waals surface area contributed by atoms with E-state index in [0.29, 0.717) is 5.56 Å². The van der Waals surface area contributed by atoms with Crippen molar-refractivity contribution in [2.24, 2.45) is 0 Å². The van der Waals surface area contributed by atoms with Crippen LogP contribution in [-0.2, 0) is 10.0 Å². The van der Waals surface area contributed by atoms with Crippen molar-refractivity contribution in [2.75, 3.05) is 42.8 Å². The summed E-state index contributed by atoms with van der Waals surface area (Å²) in [5.74, 6) is -1.17. The maximum atomic E-state index is 12.9. The third-order valence-electron chi connectivity index (χ3n) is 4.98. The third kappa shape index (κ3) is 4.28. The molecule has 0 unspecified atom stereocenters. The summed E-state index contributed by atoms with van der Waals surface area (Å²) in [7, 11) is -1.85. The molecule has 1 aliphatic heterocycles. The Morgan fingerprint density at radius 2 is 1.71 bits per heavy atom. The molecule has 2 aromatic rings. The molecule has 1 saturated heterocycles. The van der Waals surface area contributed by atoms with Crippen molar-refractivity contribution in [3.05, 3.63) is 53.1 Å². The highest BCUT2D eigenvalue weighted by molar-refractivity contribution is 7.92. The van der Waals surface area contributed by atoms with Gasteiger partial charge in [-0.15, -0.1) is 0 Å². The lowest BCUT2D eigenvalue weighted by atomic mass is 10.1. The Labute approximate surface area is 165 Å². The molecule has 1 fully saturated rings. The SMILES string of the molecule is Cc1ccc(C)c(S(=O)(=O)Nc2ccc(N3CCN(C)CC3)cc2C(=O)O)c1. The molecule has 0 bridgehead atoms. The number of rotatable bonds is 5. The highest BCUT2D eigenvalue weighted by atomic mass is 32.2. The Kier molecular flexibility index (Phi) is 5.62. The Hall–Kier alpha value is -2.58. The smallest absolute Gasteiger partial charge is 0.337 e. The number of nitrogens with one attached hydrogen (secondary N) is 1. The lowest BCUT2D eigenvalue weighted by Crippen LogP contribution is -2.44. The average molecular weight is 404 g/mol. The van der Waals surface area contributed by atoms with Gasteiger partial charge >= 0.3 is 5.97 Å². The van der Waals surface area contributed by atoms with Gasteiger partial charge in [0, 0.05) is 31.9 Å². The Bertz CT molecular complexity index is 997. The molecule has 0 aromatic heterocycles. The predicted octanol–water partition coefficient (Wildman–Crippen LogP) is 2.55. The summed E-state index contributed by atoms with van der Waals surface area (Å²) >= 11 is 0. The number of aryl methyl sites for hydroxylation is 2. The Morgan fingerprint density at radius 3 is 2.36 bits per heavy atom. The van der Waals surface area contributed by atoms with Crippen LogP contribution in [0.2, 0.25) is 0 Å². The molecule has 0 aliphatic carbocycles. The number of hydrogen-bond donors (Lipinski definition) is 2. The number of carboxylic acids is 1. The van der Waals surface area contributed by atoms with Crippen LogP contribution in [0.4, 0.5) is 11.4 Å². The van der Waals surface area contributed by atoms with E-state index in [1.807, 2.05) is 20.0 Å². The molecule has 28 heavy (non-hydrogen) atoms. The van der Waals surface area contributed by atoms with Crippen molar-refractivity contribution in [1.29, 1.82) is 0 Å². The summed E-state index contributed by atoms with van der Waals surface area (Å²) in [5.41, 5.74) is 2.19. The molecule has 1 aliphatic rings. The fourth-order valence-corrected chi connectivity index (χ4v) is 4.67. The lowest BCUT2D eigenvalue weighted by molar-refractivity contribution is 0.0698. The molecule has 150 valence electrons. The lowest BCUT2D eigenvalue weighted by Gasteiger charge is -2.34. The number of carboxylic acid groups (broad SMARTS) is 1. The molecule has 7 nitrogen and oxygen atoms in total. The molecule has 0 spiro atoms. The molecule has 0 radical (unpaired) electrons. The molecule has 3 rings (SSSR count). The number of carbonyl (C=O) groups is 1. The largest absolute Gasteiger partial charge is 0.478 e. The number of hydrogen-bond acceptors (Lipinski definition) is 5. The van der Waals surface area contributed by atoms with Crippen LogP contribution in [0, 0.1) is 13.8 Å². The van der Waals surface area contributed by atoms with E-state index in [-0.39, 0.29) is 16.1 Å². The van der Waals surface area contributed by atoms with Gasteiger partial charge in [0.1, 0.15) is 0 Å². The van der Waals surface area contributed by atoms with Crippen LogP contribution in [0.5, 0.6) is 0 Å². The molecule has 0 saturated carbocycles. The topological polar surface area (TPSA) is 90.0 Å². The number of piperazine rings is 1. The minimum atomic E-state index is -3.90. The van der Waals surface area contributed by atoms with Gasteiger partial charge in [-0.25, -0.2) is 13.2 Å². The van der Waals surface area contributed by atoms with Crippen LogP contribution >= 0.6 is 0 Å². The number of likely N-dealkylation sites (N-methyl/N-ethyl adjacent to an activating group) is 1. The first kappa shape index (κ1) is 20.2. The molecule has 1 heterocycles. The number of sulfonamides is 1. The molecule has 0 amide bonds. The normalized spacial score (nSPS) is 15.5. The summed E-state index contributed by atoms with van der Waals surface area (Å²) < 4.78 is 28.2. The van der Waals surface area contributed by atoms with Gasteiger partial charge in [-0.3, -0.25) is 4.72 Å². The Balaban J connectivity index is 1.93. The first-order chi connectivity index (χ1) is 13.2. The van der Waals surface area contributed by atoms with Gasteiger partial charge in [0.15, 0.2) is 0 Å². The van der Waals surface area contributed by atoms with E-state index in [1.165, 1.54) is 12.1 Å². The van der Waals surface area contributed by atoms with Crippen LogP contribution in [0.15, 0.2) is 41.3 Å². The summed E-state index contributed by atoms with van der Waals surface area (Å²) in [6.07, 6.45) is 0. The second kappa shape index (κ2) is 7.81. The summed E-state index contributed by atoms with van der Waals surface area (Å²) in [6, 6.07) is 9.98. The van der Waals surface area contributed by atoms with Crippen molar-refractivity contribution >= 4 is 27.4 Å². The molecule has 0 atom stereocenters. The van der Waals surface area contributed by atoms with Crippen molar-refractivity contribution in [3.63, 3.8) is 0 Å². The molecule has 2 N–H and O–H groups in total. The standard InChI is InChI=1S/C20H25N3O4S/c1-14-4-5-15(2)19(12-14)28(26,27)21-18-7-6-16(13-17(18)20(24)25)23-10-8-22(3)9-11-23/h4-7,12-13,21H,8-11H2,1-3H3,(H,24,25). The first-order valence-electron chi connectivity index (χ1n) is 9.08. The van der Waals surface area contributed by atoms with Gasteiger partial charge in [0.05, 0.1) is 16.1 Å². The van der Waals surface area contributed by atoms with Crippen LogP contribution < -0.4 is 9.62 Å². The van der Waals surface area contributed by atoms with Crippen LogP contribution in [-0.4, -0.2) is 57.6 Å². The fourth-order valence-electron chi connectivity index (χ4n) is 3.26. The van der Waals surface area contributed by atoms with E-state index >= 15 is 0 Å². The molecule has 8 heteroatoms. The van der Waals surface area contributed by atoms with E-state index in [9.17, 15) is 18.3 Å². The zero-order chi connectivity index (χ0) is 20.5. The van der Waals surface area contributed by atoms with Crippen molar-refractivity contribution in [3.8, 4) is 0 Å². The van der Waals surface area contributed by atoms with E-state index in [2.05, 4.69) is 14.5 Å². The van der Waals surface area contributed by atoms with Gasteiger partial charge in [0.2, 0.25) is 0 Å². The highest BCUT2D eigenvalue weighted by Gasteiger charge is 2.22. The quantitative estimate of drug-likeness (QED) is 0.798. The summed E-state index contributed by atoms with van der Waals surface area (Å²) in [6.45, 7) is 6.90. The maximum absolute atomic E-state index is 12.9. The Morgan fingerprint density at radius 1 is 1.04 bits per heavy atom. The van der Waals surface area contributed by atoms with Crippen LogP contribution in [0.1, 0.15) is 21.5 Å². The van der Waals surface area contributed by atoms with Crippen molar-refractivity contribution < 1.29 is 18.3 Å². The maximum Gasteiger partial charge on any atom is 0.337 e.